The molecule has 2 aromatic carbocycles. The third-order valence-corrected chi connectivity index (χ3v) is 11.0. The minimum atomic E-state index is -0.164. The monoisotopic (exact) mass is 496 g/mol. The van der Waals surface area contributed by atoms with Crippen LogP contribution in [0, 0.1) is 34.5 Å². The highest BCUT2D eigenvalue weighted by Gasteiger charge is 2.62. The second-order valence-electron chi connectivity index (χ2n) is 12.7. The Morgan fingerprint density at radius 3 is 2.30 bits per heavy atom. The van der Waals surface area contributed by atoms with Gasteiger partial charge in [0.15, 0.2) is 5.78 Å². The Balaban J connectivity index is 1.35. The van der Waals surface area contributed by atoms with Crippen LogP contribution >= 0.6 is 0 Å². The standard InChI is InChI=1S/C34H40O3/c1-22(35)37-26-16-18-33(2)25(20-26)14-15-27-29(33)17-19-34(3)30(27)21-28(23-10-6-4-7-11-23)31(34)32(36)24-12-8-5-9-13-24/h4-14,26-31H,15-21H2,1-3H3/t26?,27?,28-,29?,30?,31?,33?,34?/m0/s1. The molecule has 37 heavy (non-hydrogen) atoms. The number of ether oxygens (including phenoxy) is 1. The fraction of sp³-hybridized carbons (Fsp3) is 0.529. The van der Waals surface area contributed by atoms with Crippen molar-refractivity contribution >= 4 is 11.8 Å². The van der Waals surface area contributed by atoms with E-state index < -0.39 is 0 Å². The van der Waals surface area contributed by atoms with Crippen LogP contribution in [0.4, 0.5) is 0 Å². The maximum atomic E-state index is 14.2. The Bertz CT molecular complexity index is 1200. The van der Waals surface area contributed by atoms with E-state index in [9.17, 15) is 9.59 Å². The number of fused-ring (bicyclic) bond motifs is 5. The Labute approximate surface area is 221 Å². The summed E-state index contributed by atoms with van der Waals surface area (Å²) in [6, 6.07) is 20.8. The molecule has 7 unspecified atom stereocenters. The van der Waals surface area contributed by atoms with Crippen molar-refractivity contribution in [3.05, 3.63) is 83.4 Å². The van der Waals surface area contributed by atoms with Gasteiger partial charge in [-0.3, -0.25) is 9.59 Å². The van der Waals surface area contributed by atoms with Gasteiger partial charge >= 0.3 is 5.97 Å². The zero-order valence-electron chi connectivity index (χ0n) is 22.5. The molecule has 0 saturated heterocycles. The van der Waals surface area contributed by atoms with Crippen LogP contribution in [-0.4, -0.2) is 17.9 Å². The van der Waals surface area contributed by atoms with Gasteiger partial charge in [0, 0.05) is 24.8 Å². The summed E-state index contributed by atoms with van der Waals surface area (Å²) in [6.07, 6.45) is 9.97. The van der Waals surface area contributed by atoms with Gasteiger partial charge in [0.1, 0.15) is 6.10 Å². The maximum Gasteiger partial charge on any atom is 0.302 e. The molecule has 0 aromatic heterocycles. The molecular weight excluding hydrogens is 456 g/mol. The fourth-order valence-electron chi connectivity index (χ4n) is 9.30. The van der Waals surface area contributed by atoms with E-state index in [-0.39, 0.29) is 34.7 Å². The van der Waals surface area contributed by atoms with Crippen molar-refractivity contribution in [2.45, 2.75) is 77.7 Å². The van der Waals surface area contributed by atoms with Gasteiger partial charge in [-0.15, -0.1) is 0 Å². The predicted octanol–water partition coefficient (Wildman–Crippen LogP) is 7.77. The van der Waals surface area contributed by atoms with E-state index in [1.165, 1.54) is 24.5 Å². The van der Waals surface area contributed by atoms with Crippen molar-refractivity contribution in [1.29, 1.82) is 0 Å². The lowest BCUT2D eigenvalue weighted by atomic mass is 9.47. The predicted molar refractivity (Wildman–Crippen MR) is 146 cm³/mol. The van der Waals surface area contributed by atoms with Gasteiger partial charge in [0.25, 0.3) is 0 Å². The number of carbonyl (C=O) groups is 2. The summed E-state index contributed by atoms with van der Waals surface area (Å²) < 4.78 is 5.63. The molecule has 0 radical (unpaired) electrons. The third-order valence-electron chi connectivity index (χ3n) is 11.0. The highest BCUT2D eigenvalue weighted by Crippen LogP contribution is 2.69. The molecular formula is C34H40O3. The molecule has 0 aliphatic heterocycles. The van der Waals surface area contributed by atoms with Crippen molar-refractivity contribution in [2.24, 2.45) is 34.5 Å². The minimum absolute atomic E-state index is 0.00520. The summed E-state index contributed by atoms with van der Waals surface area (Å²) in [5.41, 5.74) is 3.89. The summed E-state index contributed by atoms with van der Waals surface area (Å²) >= 11 is 0. The number of rotatable bonds is 4. The summed E-state index contributed by atoms with van der Waals surface area (Å²) in [5.74, 6) is 2.24. The molecule has 3 heteroatoms. The van der Waals surface area contributed by atoms with E-state index >= 15 is 0 Å². The first-order valence-corrected chi connectivity index (χ1v) is 14.3. The van der Waals surface area contributed by atoms with Crippen molar-refractivity contribution < 1.29 is 14.3 Å². The molecule has 4 aliphatic carbocycles. The average Bonchev–Trinajstić information content (AvgIpc) is 3.22. The van der Waals surface area contributed by atoms with Crippen LogP contribution in [0.5, 0.6) is 0 Å². The SMILES string of the molecule is CC(=O)OC1CCC2(C)C(=CCC3C2CCC2(C)C3C[C@@H](c3ccccc3)C2C(=O)c2ccccc2)C1. The first-order valence-electron chi connectivity index (χ1n) is 14.3. The number of ketones is 1. The summed E-state index contributed by atoms with van der Waals surface area (Å²) in [6.45, 7) is 6.46. The van der Waals surface area contributed by atoms with Crippen LogP contribution in [0.2, 0.25) is 0 Å². The second kappa shape index (κ2) is 9.26. The van der Waals surface area contributed by atoms with Gasteiger partial charge in [-0.1, -0.05) is 86.2 Å². The zero-order chi connectivity index (χ0) is 25.8. The number of Topliss-reactive ketones (excluding diaryl/α,β-unsaturated/α-hetero) is 1. The number of benzene rings is 2. The van der Waals surface area contributed by atoms with Crippen LogP contribution in [0.15, 0.2) is 72.3 Å². The normalized spacial score (nSPS) is 38.5. The first kappa shape index (κ1) is 24.6. The van der Waals surface area contributed by atoms with Crippen LogP contribution in [-0.2, 0) is 9.53 Å². The van der Waals surface area contributed by atoms with Crippen molar-refractivity contribution in [2.75, 3.05) is 0 Å². The molecule has 3 fully saturated rings. The zero-order valence-corrected chi connectivity index (χ0v) is 22.5. The van der Waals surface area contributed by atoms with Crippen molar-refractivity contribution in [3.8, 4) is 0 Å². The van der Waals surface area contributed by atoms with E-state index in [1.54, 1.807) is 0 Å². The van der Waals surface area contributed by atoms with Gasteiger partial charge in [-0.2, -0.15) is 0 Å². The summed E-state index contributed by atoms with van der Waals surface area (Å²) in [5, 5.41) is 0. The van der Waals surface area contributed by atoms with E-state index in [0.29, 0.717) is 23.5 Å². The summed E-state index contributed by atoms with van der Waals surface area (Å²) in [4.78, 5) is 25.8. The number of esters is 1. The molecule has 4 aliphatic rings. The lowest BCUT2D eigenvalue weighted by Gasteiger charge is -2.58. The Morgan fingerprint density at radius 1 is 0.892 bits per heavy atom. The lowest BCUT2D eigenvalue weighted by Crippen LogP contribution is -2.51. The number of hydrogen-bond donors (Lipinski definition) is 0. The molecule has 0 bridgehead atoms. The Kier molecular flexibility index (Phi) is 6.17. The quantitative estimate of drug-likeness (QED) is 0.247. The van der Waals surface area contributed by atoms with Crippen LogP contribution in [0.25, 0.3) is 0 Å². The molecule has 0 amide bonds. The van der Waals surface area contributed by atoms with Gasteiger partial charge in [0.2, 0.25) is 0 Å². The van der Waals surface area contributed by atoms with Gasteiger partial charge in [0.05, 0.1) is 0 Å². The molecule has 0 heterocycles. The minimum Gasteiger partial charge on any atom is -0.462 e. The van der Waals surface area contributed by atoms with Crippen molar-refractivity contribution in [3.63, 3.8) is 0 Å². The maximum absolute atomic E-state index is 14.2. The van der Waals surface area contributed by atoms with Crippen LogP contribution in [0.3, 0.4) is 0 Å². The summed E-state index contributed by atoms with van der Waals surface area (Å²) in [7, 11) is 0. The Morgan fingerprint density at radius 2 is 1.59 bits per heavy atom. The van der Waals surface area contributed by atoms with Crippen molar-refractivity contribution in [1.82, 2.24) is 0 Å². The second-order valence-corrected chi connectivity index (χ2v) is 12.7. The Hall–Kier alpha value is -2.68. The van der Waals surface area contributed by atoms with Crippen LogP contribution in [0.1, 0.15) is 87.6 Å². The smallest absolute Gasteiger partial charge is 0.302 e. The molecule has 0 spiro atoms. The molecule has 6 rings (SSSR count). The molecule has 194 valence electrons. The third kappa shape index (κ3) is 4.01. The van der Waals surface area contributed by atoms with Gasteiger partial charge in [-0.25, -0.2) is 0 Å². The molecule has 2 aromatic rings. The fourth-order valence-corrected chi connectivity index (χ4v) is 9.30. The highest BCUT2D eigenvalue weighted by molar-refractivity contribution is 5.99. The molecule has 0 N–H and O–H groups in total. The van der Waals surface area contributed by atoms with E-state index in [2.05, 4.69) is 50.3 Å². The van der Waals surface area contributed by atoms with E-state index in [0.717, 1.165) is 44.1 Å². The number of hydrogen-bond acceptors (Lipinski definition) is 3. The molecule has 3 nitrogen and oxygen atoms in total. The van der Waals surface area contributed by atoms with E-state index in [1.807, 2.05) is 30.3 Å². The van der Waals surface area contributed by atoms with Gasteiger partial charge in [-0.05, 0) is 78.6 Å². The molecule has 8 atom stereocenters. The number of carbonyl (C=O) groups excluding carboxylic acids is 2. The average molecular weight is 497 g/mol. The largest absolute Gasteiger partial charge is 0.462 e. The van der Waals surface area contributed by atoms with E-state index in [4.69, 9.17) is 4.74 Å². The lowest BCUT2D eigenvalue weighted by molar-refractivity contribution is -0.148. The highest BCUT2D eigenvalue weighted by atomic mass is 16.5. The number of allylic oxidation sites excluding steroid dienone is 1. The topological polar surface area (TPSA) is 43.4 Å². The molecule has 3 saturated carbocycles. The van der Waals surface area contributed by atoms with Gasteiger partial charge < -0.3 is 4.74 Å². The first-order chi connectivity index (χ1) is 17.8. The van der Waals surface area contributed by atoms with Crippen LogP contribution < -0.4 is 0 Å².